The molecule has 0 N–H and O–H groups in total. The predicted octanol–water partition coefficient (Wildman–Crippen LogP) is 3.19. The molecule has 0 aliphatic carbocycles. The normalized spacial score (nSPS) is 12.6. The van der Waals surface area contributed by atoms with E-state index in [1.165, 1.54) is 12.5 Å². The van der Waals surface area contributed by atoms with Crippen LogP contribution in [-0.4, -0.2) is 5.78 Å². The Balaban J connectivity index is 2.21. The first kappa shape index (κ1) is 9.27. The quantitative estimate of drug-likeness (QED) is 0.624. The molecule has 0 amide bonds. The number of carbonyl (C=O) groups is 1. The monoisotopic (exact) mass is 254 g/mol. The van der Waals surface area contributed by atoms with E-state index in [0.29, 0.717) is 11.5 Å². The van der Waals surface area contributed by atoms with Crippen molar-refractivity contribution in [2.75, 3.05) is 0 Å². The van der Waals surface area contributed by atoms with Crippen molar-refractivity contribution in [3.05, 3.63) is 48.3 Å². The van der Waals surface area contributed by atoms with Gasteiger partial charge < -0.3 is 8.83 Å². The van der Waals surface area contributed by atoms with Crippen LogP contribution in [0.5, 0.6) is 0 Å². The fourth-order valence-corrected chi connectivity index (χ4v) is 1.59. The van der Waals surface area contributed by atoms with Gasteiger partial charge in [0, 0.05) is 0 Å². The lowest BCUT2D eigenvalue weighted by atomic mass is 10.2. The highest BCUT2D eigenvalue weighted by Gasteiger charge is 2.23. The first-order valence-electron chi connectivity index (χ1n) is 4.04. The van der Waals surface area contributed by atoms with Gasteiger partial charge in [0.2, 0.25) is 5.78 Å². The van der Waals surface area contributed by atoms with Crippen molar-refractivity contribution in [1.29, 1.82) is 0 Å². The standard InChI is InChI=1S/C10H7BrO3/c11-9(7-3-1-5-13-7)10(12)8-4-2-6-14-8/h1-6,9H. The smallest absolute Gasteiger partial charge is 0.219 e. The third kappa shape index (κ3) is 1.65. The van der Waals surface area contributed by atoms with E-state index >= 15 is 0 Å². The summed E-state index contributed by atoms with van der Waals surface area (Å²) in [5.74, 6) is 0.750. The molecule has 72 valence electrons. The van der Waals surface area contributed by atoms with Crippen LogP contribution in [-0.2, 0) is 0 Å². The number of furan rings is 2. The summed E-state index contributed by atoms with van der Waals surface area (Å²) in [7, 11) is 0. The molecular weight excluding hydrogens is 248 g/mol. The second kappa shape index (κ2) is 3.84. The minimum atomic E-state index is -0.483. The first-order valence-corrected chi connectivity index (χ1v) is 4.96. The maximum atomic E-state index is 11.7. The lowest BCUT2D eigenvalue weighted by molar-refractivity contribution is 0.0958. The van der Waals surface area contributed by atoms with E-state index in [1.54, 1.807) is 24.3 Å². The zero-order chi connectivity index (χ0) is 9.97. The Labute approximate surface area is 88.8 Å². The first-order chi connectivity index (χ1) is 6.79. The number of alkyl halides is 1. The van der Waals surface area contributed by atoms with Crippen molar-refractivity contribution < 1.29 is 13.6 Å². The van der Waals surface area contributed by atoms with Crippen molar-refractivity contribution in [3.8, 4) is 0 Å². The molecule has 2 aromatic heterocycles. The van der Waals surface area contributed by atoms with Crippen LogP contribution in [0.1, 0.15) is 21.1 Å². The molecule has 4 heteroatoms. The third-order valence-electron chi connectivity index (χ3n) is 1.79. The summed E-state index contributed by atoms with van der Waals surface area (Å²) in [6.45, 7) is 0. The minimum Gasteiger partial charge on any atom is -0.468 e. The minimum absolute atomic E-state index is 0.148. The lowest BCUT2D eigenvalue weighted by Gasteiger charge is -2.02. The Hall–Kier alpha value is -1.29. The second-order valence-corrected chi connectivity index (χ2v) is 3.64. The van der Waals surface area contributed by atoms with E-state index < -0.39 is 4.83 Å². The van der Waals surface area contributed by atoms with Crippen LogP contribution in [0.25, 0.3) is 0 Å². The number of hydrogen-bond donors (Lipinski definition) is 0. The number of hydrogen-bond acceptors (Lipinski definition) is 3. The van der Waals surface area contributed by atoms with Gasteiger partial charge in [-0.15, -0.1) is 0 Å². The molecule has 0 aliphatic heterocycles. The molecule has 0 bridgehead atoms. The SMILES string of the molecule is O=C(c1ccco1)C(Br)c1ccco1. The average Bonchev–Trinajstić information content (AvgIpc) is 2.87. The summed E-state index contributed by atoms with van der Waals surface area (Å²) in [5, 5.41) is 0. The van der Waals surface area contributed by atoms with E-state index in [1.807, 2.05) is 0 Å². The molecule has 0 aromatic carbocycles. The van der Waals surface area contributed by atoms with Crippen LogP contribution < -0.4 is 0 Å². The summed E-state index contributed by atoms with van der Waals surface area (Å²) in [6, 6.07) is 6.77. The van der Waals surface area contributed by atoms with Crippen LogP contribution in [0.2, 0.25) is 0 Å². The third-order valence-corrected chi connectivity index (χ3v) is 2.65. The van der Waals surface area contributed by atoms with Gasteiger partial charge >= 0.3 is 0 Å². The topological polar surface area (TPSA) is 43.4 Å². The van der Waals surface area contributed by atoms with E-state index in [-0.39, 0.29) is 5.78 Å². The second-order valence-electron chi connectivity index (χ2n) is 2.72. The van der Waals surface area contributed by atoms with Gasteiger partial charge in [-0.3, -0.25) is 4.79 Å². The highest BCUT2D eigenvalue weighted by Crippen LogP contribution is 2.27. The zero-order valence-electron chi connectivity index (χ0n) is 7.14. The maximum absolute atomic E-state index is 11.7. The van der Waals surface area contributed by atoms with Gasteiger partial charge in [-0.2, -0.15) is 0 Å². The Morgan fingerprint density at radius 1 is 1.21 bits per heavy atom. The van der Waals surface area contributed by atoms with Gasteiger partial charge in [-0.25, -0.2) is 0 Å². The number of rotatable bonds is 3. The molecule has 0 radical (unpaired) electrons. The van der Waals surface area contributed by atoms with Crippen molar-refractivity contribution in [3.63, 3.8) is 0 Å². The molecule has 0 saturated heterocycles. The van der Waals surface area contributed by atoms with Crippen LogP contribution in [0.3, 0.4) is 0 Å². The number of carbonyl (C=O) groups excluding carboxylic acids is 1. The largest absolute Gasteiger partial charge is 0.468 e. The van der Waals surface area contributed by atoms with Gasteiger partial charge in [0.25, 0.3) is 0 Å². The van der Waals surface area contributed by atoms with Crippen LogP contribution in [0.4, 0.5) is 0 Å². The maximum Gasteiger partial charge on any atom is 0.219 e. The summed E-state index contributed by atoms with van der Waals surface area (Å²) >= 11 is 3.25. The fraction of sp³-hybridized carbons (Fsp3) is 0.100. The van der Waals surface area contributed by atoms with Crippen molar-refractivity contribution >= 4 is 21.7 Å². The van der Waals surface area contributed by atoms with Crippen molar-refractivity contribution in [2.24, 2.45) is 0 Å². The van der Waals surface area contributed by atoms with Crippen molar-refractivity contribution in [1.82, 2.24) is 0 Å². The van der Waals surface area contributed by atoms with E-state index in [4.69, 9.17) is 8.83 Å². The van der Waals surface area contributed by atoms with Gasteiger partial charge in [0.15, 0.2) is 5.76 Å². The van der Waals surface area contributed by atoms with Gasteiger partial charge in [-0.1, -0.05) is 15.9 Å². The molecular formula is C10H7BrO3. The zero-order valence-corrected chi connectivity index (χ0v) is 8.73. The molecule has 0 aliphatic rings. The molecule has 0 saturated carbocycles. The lowest BCUT2D eigenvalue weighted by Crippen LogP contribution is -2.04. The molecule has 14 heavy (non-hydrogen) atoms. The van der Waals surface area contributed by atoms with E-state index in [0.717, 1.165) is 0 Å². The summed E-state index contributed by atoms with van der Waals surface area (Å²) in [5.41, 5.74) is 0. The number of ketones is 1. The van der Waals surface area contributed by atoms with E-state index in [2.05, 4.69) is 15.9 Å². The molecule has 2 heterocycles. The van der Waals surface area contributed by atoms with E-state index in [9.17, 15) is 4.79 Å². The number of halogens is 1. The fourth-order valence-electron chi connectivity index (χ4n) is 1.11. The van der Waals surface area contributed by atoms with Gasteiger partial charge in [-0.05, 0) is 24.3 Å². The molecule has 2 rings (SSSR count). The molecule has 0 spiro atoms. The summed E-state index contributed by atoms with van der Waals surface area (Å²) in [6.07, 6.45) is 2.99. The summed E-state index contributed by atoms with van der Waals surface area (Å²) in [4.78, 5) is 11.2. The Kier molecular flexibility index (Phi) is 2.54. The van der Waals surface area contributed by atoms with Gasteiger partial charge in [0.05, 0.1) is 12.5 Å². The van der Waals surface area contributed by atoms with Crippen molar-refractivity contribution in [2.45, 2.75) is 4.83 Å². The Morgan fingerprint density at radius 2 is 1.93 bits per heavy atom. The van der Waals surface area contributed by atoms with Crippen LogP contribution in [0, 0.1) is 0 Å². The molecule has 0 fully saturated rings. The highest BCUT2D eigenvalue weighted by atomic mass is 79.9. The molecule has 3 nitrogen and oxygen atoms in total. The Morgan fingerprint density at radius 3 is 2.50 bits per heavy atom. The van der Waals surface area contributed by atoms with Crippen LogP contribution >= 0.6 is 15.9 Å². The average molecular weight is 255 g/mol. The molecule has 2 aromatic rings. The summed E-state index contributed by atoms with van der Waals surface area (Å²) < 4.78 is 10.1. The van der Waals surface area contributed by atoms with Gasteiger partial charge in [0.1, 0.15) is 10.6 Å². The molecule has 1 unspecified atom stereocenters. The predicted molar refractivity (Wildman–Crippen MR) is 53.4 cm³/mol. The van der Waals surface area contributed by atoms with Crippen LogP contribution in [0.15, 0.2) is 45.6 Å². The molecule has 1 atom stereocenters. The number of Topliss-reactive ketones (excluding diaryl/α,β-unsaturated/α-hetero) is 1. The highest BCUT2D eigenvalue weighted by molar-refractivity contribution is 9.09. The Bertz CT molecular complexity index is 403.